The first-order valence-electron chi connectivity index (χ1n) is 9.53. The Hall–Kier alpha value is -3.78. The molecule has 0 unspecified atom stereocenters. The van der Waals surface area contributed by atoms with Crippen LogP contribution in [0, 0.1) is 10.1 Å². The topological polar surface area (TPSA) is 92.5 Å². The monoisotopic (exact) mass is 435 g/mol. The fourth-order valence-corrected chi connectivity index (χ4v) is 3.58. The van der Waals surface area contributed by atoms with E-state index in [-0.39, 0.29) is 11.6 Å². The van der Waals surface area contributed by atoms with Crippen molar-refractivity contribution in [3.8, 4) is 0 Å². The zero-order valence-corrected chi connectivity index (χ0v) is 17.6. The van der Waals surface area contributed by atoms with Gasteiger partial charge in [-0.2, -0.15) is 0 Å². The molecule has 0 radical (unpaired) electrons. The number of hydrogen-bond acceptors (Lipinski definition) is 6. The second kappa shape index (κ2) is 8.16. The molecule has 2 aromatic heterocycles. The number of nitrogens with zero attached hydrogens (tertiary/aromatic N) is 5. The van der Waals surface area contributed by atoms with Crippen LogP contribution in [0.4, 0.5) is 23.0 Å². The van der Waals surface area contributed by atoms with Crippen LogP contribution < -0.4 is 9.80 Å². The van der Waals surface area contributed by atoms with Gasteiger partial charge in [0.1, 0.15) is 11.0 Å². The van der Waals surface area contributed by atoms with Crippen molar-refractivity contribution >= 4 is 52.7 Å². The summed E-state index contributed by atoms with van der Waals surface area (Å²) < 4.78 is 0. The Morgan fingerprint density at radius 2 is 1.90 bits per heavy atom. The van der Waals surface area contributed by atoms with Crippen LogP contribution in [0.5, 0.6) is 0 Å². The number of carbonyl (C=O) groups excluding carboxylic acids is 1. The van der Waals surface area contributed by atoms with Gasteiger partial charge in [0.05, 0.1) is 16.2 Å². The molecular weight excluding hydrogens is 418 g/mol. The highest BCUT2D eigenvalue weighted by Gasteiger charge is 2.30. The highest BCUT2D eigenvalue weighted by Crippen LogP contribution is 2.38. The van der Waals surface area contributed by atoms with Gasteiger partial charge in [-0.25, -0.2) is 9.97 Å². The summed E-state index contributed by atoms with van der Waals surface area (Å²) in [5.41, 5.74) is 2.46. The molecular formula is C22H18ClN5O3. The molecule has 3 aromatic rings. The van der Waals surface area contributed by atoms with E-state index in [9.17, 15) is 14.9 Å². The van der Waals surface area contributed by atoms with Crippen molar-refractivity contribution < 1.29 is 9.72 Å². The molecule has 0 spiro atoms. The summed E-state index contributed by atoms with van der Waals surface area (Å²) in [6.07, 6.45) is 5.16. The molecule has 0 atom stereocenters. The fourth-order valence-electron chi connectivity index (χ4n) is 3.44. The zero-order valence-electron chi connectivity index (χ0n) is 16.8. The van der Waals surface area contributed by atoms with Gasteiger partial charge in [0.25, 0.3) is 11.6 Å². The van der Waals surface area contributed by atoms with Crippen molar-refractivity contribution in [1.29, 1.82) is 0 Å². The van der Waals surface area contributed by atoms with Crippen molar-refractivity contribution in [2.75, 3.05) is 23.4 Å². The molecule has 4 rings (SSSR count). The van der Waals surface area contributed by atoms with E-state index in [0.29, 0.717) is 45.7 Å². The van der Waals surface area contributed by atoms with E-state index in [4.69, 9.17) is 11.6 Å². The molecule has 1 aliphatic rings. The van der Waals surface area contributed by atoms with Crippen LogP contribution in [0.1, 0.15) is 28.4 Å². The predicted octanol–water partition coefficient (Wildman–Crippen LogP) is 4.96. The maximum Gasteiger partial charge on any atom is 0.270 e. The van der Waals surface area contributed by atoms with Gasteiger partial charge >= 0.3 is 0 Å². The first kappa shape index (κ1) is 20.5. The van der Waals surface area contributed by atoms with E-state index in [1.54, 1.807) is 55.7 Å². The number of amides is 1. The van der Waals surface area contributed by atoms with Crippen LogP contribution in [0.25, 0.3) is 12.2 Å². The van der Waals surface area contributed by atoms with Crippen molar-refractivity contribution in [3.05, 3.63) is 80.6 Å². The third kappa shape index (κ3) is 3.85. The molecule has 1 aromatic carbocycles. The highest BCUT2D eigenvalue weighted by molar-refractivity contribution is 6.29. The molecule has 8 nitrogen and oxygen atoms in total. The van der Waals surface area contributed by atoms with Gasteiger partial charge < -0.3 is 9.80 Å². The summed E-state index contributed by atoms with van der Waals surface area (Å²) in [6, 6.07) is 11.5. The lowest BCUT2D eigenvalue weighted by Crippen LogP contribution is -2.25. The van der Waals surface area contributed by atoms with Gasteiger partial charge in [0.2, 0.25) is 0 Å². The lowest BCUT2D eigenvalue weighted by atomic mass is 10.1. The molecule has 1 amide bonds. The summed E-state index contributed by atoms with van der Waals surface area (Å²) in [5, 5.41) is 11.3. The first-order valence-corrected chi connectivity index (χ1v) is 9.91. The number of aromatic nitrogens is 2. The van der Waals surface area contributed by atoms with Gasteiger partial charge in [-0.05, 0) is 36.2 Å². The van der Waals surface area contributed by atoms with E-state index in [0.717, 1.165) is 0 Å². The fraction of sp³-hybridized carbons (Fsp3) is 0.136. The number of nitro benzene ring substituents is 1. The summed E-state index contributed by atoms with van der Waals surface area (Å²) >= 11 is 6.11. The van der Waals surface area contributed by atoms with E-state index in [1.807, 2.05) is 11.8 Å². The molecule has 0 bridgehead atoms. The number of benzene rings is 1. The summed E-state index contributed by atoms with van der Waals surface area (Å²) in [5.74, 6) is 0.853. The molecule has 9 heteroatoms. The average Bonchev–Trinajstić information content (AvgIpc) is 2.85. The van der Waals surface area contributed by atoms with Crippen molar-refractivity contribution in [2.45, 2.75) is 6.92 Å². The lowest BCUT2D eigenvalue weighted by molar-refractivity contribution is -0.384. The van der Waals surface area contributed by atoms with Crippen molar-refractivity contribution in [3.63, 3.8) is 0 Å². The van der Waals surface area contributed by atoms with Crippen LogP contribution in [0.15, 0.2) is 48.7 Å². The Labute approximate surface area is 183 Å². The highest BCUT2D eigenvalue weighted by atomic mass is 35.5. The number of hydrogen-bond donors (Lipinski definition) is 0. The van der Waals surface area contributed by atoms with Crippen LogP contribution in [-0.2, 0) is 0 Å². The quantitative estimate of drug-likeness (QED) is 0.327. The van der Waals surface area contributed by atoms with E-state index >= 15 is 0 Å². The van der Waals surface area contributed by atoms with Crippen LogP contribution in [-0.4, -0.2) is 34.4 Å². The number of halogens is 1. The van der Waals surface area contributed by atoms with E-state index < -0.39 is 4.92 Å². The molecule has 1 aliphatic heterocycles. The van der Waals surface area contributed by atoms with Crippen LogP contribution in [0.3, 0.4) is 0 Å². The molecule has 3 heterocycles. The summed E-state index contributed by atoms with van der Waals surface area (Å²) in [7, 11) is 1.69. The molecule has 156 valence electrons. The second-order valence-electron chi connectivity index (χ2n) is 6.91. The Kier molecular flexibility index (Phi) is 5.39. The maximum absolute atomic E-state index is 13.2. The molecule has 0 N–H and O–H groups in total. The Balaban J connectivity index is 1.75. The molecule has 0 aliphatic carbocycles. The Morgan fingerprint density at radius 1 is 1.13 bits per heavy atom. The normalized spacial score (nSPS) is 13.2. The van der Waals surface area contributed by atoms with Gasteiger partial charge in [0, 0.05) is 31.9 Å². The molecule has 0 saturated heterocycles. The number of non-ortho nitro benzene ring substituents is 1. The van der Waals surface area contributed by atoms with Crippen LogP contribution >= 0.6 is 11.6 Å². The Bertz CT molecular complexity index is 1230. The number of rotatable bonds is 4. The van der Waals surface area contributed by atoms with Gasteiger partial charge in [0.15, 0.2) is 5.82 Å². The zero-order chi connectivity index (χ0) is 22.1. The molecule has 0 fully saturated rings. The minimum absolute atomic E-state index is 0.0153. The lowest BCUT2D eigenvalue weighted by Gasteiger charge is -2.22. The molecule has 0 saturated carbocycles. The van der Waals surface area contributed by atoms with E-state index in [2.05, 4.69) is 9.97 Å². The number of carbonyl (C=O) groups is 1. The number of fused-ring (bicyclic) bond motifs is 2. The number of nitro groups is 1. The standard InChI is InChI=1S/C22H18ClN5O3/c1-3-27-20-17(22(29)26(2)18-9-10-19(23)25-21(18)27)12-15(13-24-20)8-7-14-5-4-6-16(11-14)28(30)31/h4-13H,3H2,1-2H3/b8-7+. The minimum atomic E-state index is -0.437. The summed E-state index contributed by atoms with van der Waals surface area (Å²) in [6.45, 7) is 2.49. The first-order chi connectivity index (χ1) is 14.9. The SMILES string of the molecule is CCN1c2ncc(/C=C/c3cccc([N+](=O)[O-])c3)cc2C(=O)N(C)c2ccc(Cl)nc21. The third-order valence-electron chi connectivity index (χ3n) is 4.98. The maximum atomic E-state index is 13.2. The third-order valence-corrected chi connectivity index (χ3v) is 5.19. The Morgan fingerprint density at radius 3 is 2.65 bits per heavy atom. The smallest absolute Gasteiger partial charge is 0.270 e. The van der Waals surface area contributed by atoms with Gasteiger partial charge in [-0.3, -0.25) is 14.9 Å². The minimum Gasteiger partial charge on any atom is -0.309 e. The van der Waals surface area contributed by atoms with Gasteiger partial charge in [-0.1, -0.05) is 35.9 Å². The number of pyridine rings is 2. The van der Waals surface area contributed by atoms with Crippen molar-refractivity contribution in [1.82, 2.24) is 9.97 Å². The summed E-state index contributed by atoms with van der Waals surface area (Å²) in [4.78, 5) is 36.1. The van der Waals surface area contributed by atoms with Gasteiger partial charge in [-0.15, -0.1) is 0 Å². The number of anilines is 3. The average molecular weight is 436 g/mol. The van der Waals surface area contributed by atoms with Crippen molar-refractivity contribution in [2.24, 2.45) is 0 Å². The van der Waals surface area contributed by atoms with Crippen LogP contribution in [0.2, 0.25) is 5.15 Å². The van der Waals surface area contributed by atoms with E-state index in [1.165, 1.54) is 17.0 Å². The predicted molar refractivity (Wildman–Crippen MR) is 121 cm³/mol. The second-order valence-corrected chi connectivity index (χ2v) is 7.30. The largest absolute Gasteiger partial charge is 0.309 e. The molecule has 31 heavy (non-hydrogen) atoms.